The van der Waals surface area contributed by atoms with Crippen LogP contribution in [-0.4, -0.2) is 26.0 Å². The number of ketones is 1. The minimum Gasteiger partial charge on any atom is -0.493 e. The van der Waals surface area contributed by atoms with Gasteiger partial charge in [-0.2, -0.15) is 0 Å². The van der Waals surface area contributed by atoms with Crippen molar-refractivity contribution in [2.75, 3.05) is 14.2 Å². The van der Waals surface area contributed by atoms with E-state index in [0.717, 1.165) is 16.8 Å². The SMILES string of the molecule is COc1ccc([C@@H]2CC(=O)C3=C(C2)NC(C)=C(C(=O)OCc2ccccc2)[C@H]3c2ccc(C)o2)cc1OC. The molecule has 2 aliphatic rings. The van der Waals surface area contributed by atoms with Crippen LogP contribution < -0.4 is 14.8 Å². The highest BCUT2D eigenvalue weighted by atomic mass is 16.5. The van der Waals surface area contributed by atoms with Crippen LogP contribution in [0.5, 0.6) is 11.5 Å². The zero-order valence-corrected chi connectivity index (χ0v) is 22.0. The number of esters is 1. The zero-order valence-electron chi connectivity index (χ0n) is 22.0. The number of benzene rings is 2. The molecule has 0 bridgehead atoms. The van der Waals surface area contributed by atoms with E-state index in [1.54, 1.807) is 14.2 Å². The standard InChI is InChI=1S/C31H31NO6/c1-18-10-12-26(38-18)30-28(31(34)37-17-20-8-6-5-7-9-20)19(2)32-23-14-22(15-24(33)29(23)30)21-11-13-25(35-3)27(16-21)36-4/h5-13,16,22,30,32H,14-15,17H2,1-4H3/t22-,30+/m0/s1. The van der Waals surface area contributed by atoms with Crippen molar-refractivity contribution in [3.8, 4) is 11.5 Å². The van der Waals surface area contributed by atoms with Gasteiger partial charge >= 0.3 is 5.97 Å². The Kier molecular flexibility index (Phi) is 7.09. The van der Waals surface area contributed by atoms with Crippen LogP contribution in [0.25, 0.3) is 0 Å². The van der Waals surface area contributed by atoms with Crippen LogP contribution in [0.4, 0.5) is 0 Å². The summed E-state index contributed by atoms with van der Waals surface area (Å²) in [5.41, 5.74) is 4.29. The minimum atomic E-state index is -0.637. The van der Waals surface area contributed by atoms with Crippen molar-refractivity contribution in [1.82, 2.24) is 5.32 Å². The molecule has 1 aliphatic heterocycles. The van der Waals surface area contributed by atoms with Crippen LogP contribution >= 0.6 is 0 Å². The number of allylic oxidation sites excluding steroid dienone is 3. The highest BCUT2D eigenvalue weighted by molar-refractivity contribution is 6.04. The predicted molar refractivity (Wildman–Crippen MR) is 142 cm³/mol. The van der Waals surface area contributed by atoms with Gasteiger partial charge in [0.2, 0.25) is 0 Å². The molecule has 0 radical (unpaired) electrons. The Morgan fingerprint density at radius 3 is 2.42 bits per heavy atom. The first-order valence-corrected chi connectivity index (χ1v) is 12.6. The Hall–Kier alpha value is -4.26. The van der Waals surface area contributed by atoms with Gasteiger partial charge < -0.3 is 23.9 Å². The number of hydrogen-bond donors (Lipinski definition) is 1. The van der Waals surface area contributed by atoms with Crippen LogP contribution in [0.3, 0.4) is 0 Å². The number of methoxy groups -OCH3 is 2. The van der Waals surface area contributed by atoms with Crippen LogP contribution in [0.1, 0.15) is 54.2 Å². The smallest absolute Gasteiger partial charge is 0.337 e. The molecule has 1 aromatic heterocycles. The van der Waals surface area contributed by atoms with Gasteiger partial charge in [0.1, 0.15) is 18.1 Å². The quantitative estimate of drug-likeness (QED) is 0.405. The fourth-order valence-electron chi connectivity index (χ4n) is 5.35. The van der Waals surface area contributed by atoms with Crippen molar-refractivity contribution in [2.24, 2.45) is 0 Å². The Balaban J connectivity index is 1.48. The van der Waals surface area contributed by atoms with Crippen molar-refractivity contribution in [2.45, 2.75) is 45.1 Å². The maximum absolute atomic E-state index is 13.8. The molecule has 1 aliphatic carbocycles. The summed E-state index contributed by atoms with van der Waals surface area (Å²) in [7, 11) is 3.19. The van der Waals surface area contributed by atoms with Crippen molar-refractivity contribution in [3.05, 3.63) is 106 Å². The highest BCUT2D eigenvalue weighted by Crippen LogP contribution is 2.46. The number of rotatable bonds is 7. The number of Topliss-reactive ketones (excluding diaryl/α,β-unsaturated/α-hetero) is 1. The topological polar surface area (TPSA) is 87.0 Å². The van der Waals surface area contributed by atoms with Gasteiger partial charge in [-0.3, -0.25) is 4.79 Å². The van der Waals surface area contributed by atoms with E-state index in [2.05, 4.69) is 5.32 Å². The highest BCUT2D eigenvalue weighted by Gasteiger charge is 2.43. The van der Waals surface area contributed by atoms with Gasteiger partial charge in [-0.25, -0.2) is 4.79 Å². The first-order valence-electron chi connectivity index (χ1n) is 12.6. The molecule has 2 heterocycles. The molecule has 3 aromatic rings. The molecule has 0 fully saturated rings. The second-order valence-electron chi connectivity index (χ2n) is 9.64. The van der Waals surface area contributed by atoms with Gasteiger partial charge in [0.05, 0.1) is 25.7 Å². The lowest BCUT2D eigenvalue weighted by molar-refractivity contribution is -0.140. The van der Waals surface area contributed by atoms with Gasteiger partial charge in [0.25, 0.3) is 0 Å². The second-order valence-corrected chi connectivity index (χ2v) is 9.64. The lowest BCUT2D eigenvalue weighted by atomic mass is 9.73. The average molecular weight is 514 g/mol. The first-order chi connectivity index (χ1) is 18.4. The fraction of sp³-hybridized carbons (Fsp3) is 0.290. The Labute approximate surface area is 222 Å². The predicted octanol–water partition coefficient (Wildman–Crippen LogP) is 5.71. The largest absolute Gasteiger partial charge is 0.493 e. The molecule has 7 nitrogen and oxygen atoms in total. The van der Waals surface area contributed by atoms with Crippen LogP contribution in [-0.2, 0) is 20.9 Å². The molecular formula is C31H31NO6. The molecule has 5 rings (SSSR count). The van der Waals surface area contributed by atoms with Crippen molar-refractivity contribution in [3.63, 3.8) is 0 Å². The van der Waals surface area contributed by atoms with E-state index in [0.29, 0.717) is 52.7 Å². The van der Waals surface area contributed by atoms with Crippen LogP contribution in [0.15, 0.2) is 87.6 Å². The third kappa shape index (κ3) is 4.84. The van der Waals surface area contributed by atoms with Crippen molar-refractivity contribution >= 4 is 11.8 Å². The fourth-order valence-corrected chi connectivity index (χ4v) is 5.35. The summed E-state index contributed by atoms with van der Waals surface area (Å²) in [6.07, 6.45) is 0.911. The second kappa shape index (κ2) is 10.6. The van der Waals surface area contributed by atoms with E-state index in [4.69, 9.17) is 18.6 Å². The molecule has 196 valence electrons. The number of aryl methyl sites for hydroxylation is 1. The molecule has 0 unspecified atom stereocenters. The molecule has 0 amide bonds. The monoisotopic (exact) mass is 513 g/mol. The number of carbonyl (C=O) groups excluding carboxylic acids is 2. The Bertz CT molecular complexity index is 1430. The van der Waals surface area contributed by atoms with Crippen LogP contribution in [0.2, 0.25) is 0 Å². The van der Waals surface area contributed by atoms with Gasteiger partial charge in [0, 0.05) is 23.4 Å². The van der Waals surface area contributed by atoms with Crippen molar-refractivity contribution in [1.29, 1.82) is 0 Å². The molecule has 7 heteroatoms. The maximum Gasteiger partial charge on any atom is 0.337 e. The number of furan rings is 1. The molecule has 0 spiro atoms. The molecule has 0 saturated carbocycles. The number of dihydropyridines is 1. The summed E-state index contributed by atoms with van der Waals surface area (Å²) >= 11 is 0. The molecule has 1 N–H and O–H groups in total. The molecule has 38 heavy (non-hydrogen) atoms. The Morgan fingerprint density at radius 2 is 1.74 bits per heavy atom. The Morgan fingerprint density at radius 1 is 0.974 bits per heavy atom. The summed E-state index contributed by atoms with van der Waals surface area (Å²) in [6.45, 7) is 3.83. The van der Waals surface area contributed by atoms with Crippen LogP contribution in [0, 0.1) is 6.92 Å². The van der Waals surface area contributed by atoms with Gasteiger partial charge in [-0.1, -0.05) is 36.4 Å². The van der Waals surface area contributed by atoms with Gasteiger partial charge in [-0.05, 0) is 61.6 Å². The van der Waals surface area contributed by atoms with E-state index < -0.39 is 11.9 Å². The van der Waals surface area contributed by atoms with E-state index in [9.17, 15) is 9.59 Å². The lowest BCUT2D eigenvalue weighted by Gasteiger charge is -2.35. The van der Waals surface area contributed by atoms with E-state index >= 15 is 0 Å². The van der Waals surface area contributed by atoms with Gasteiger partial charge in [-0.15, -0.1) is 0 Å². The summed E-state index contributed by atoms with van der Waals surface area (Å²) < 4.78 is 22.6. The van der Waals surface area contributed by atoms with E-state index in [-0.39, 0.29) is 18.3 Å². The molecule has 0 saturated heterocycles. The molecular weight excluding hydrogens is 482 g/mol. The van der Waals surface area contributed by atoms with Gasteiger partial charge in [0.15, 0.2) is 17.3 Å². The third-order valence-electron chi connectivity index (χ3n) is 7.18. The molecule has 2 atom stereocenters. The summed E-state index contributed by atoms with van der Waals surface area (Å²) in [5.74, 6) is 1.34. The zero-order chi connectivity index (χ0) is 26.8. The molecule has 2 aromatic carbocycles. The number of nitrogens with one attached hydrogen (secondary N) is 1. The summed E-state index contributed by atoms with van der Waals surface area (Å²) in [5, 5.41) is 3.38. The minimum absolute atomic E-state index is 0.0292. The lowest BCUT2D eigenvalue weighted by Crippen LogP contribution is -2.36. The van der Waals surface area contributed by atoms with E-state index in [1.165, 1.54) is 0 Å². The first kappa shape index (κ1) is 25.4. The summed E-state index contributed by atoms with van der Waals surface area (Å²) in [6, 6.07) is 19.0. The average Bonchev–Trinajstić information content (AvgIpc) is 3.36. The number of hydrogen-bond acceptors (Lipinski definition) is 7. The number of carbonyl (C=O) groups is 2. The normalized spacial score (nSPS) is 19.1. The number of ether oxygens (including phenoxy) is 3. The van der Waals surface area contributed by atoms with Crippen molar-refractivity contribution < 1.29 is 28.2 Å². The maximum atomic E-state index is 13.8. The van der Waals surface area contributed by atoms with E-state index in [1.807, 2.05) is 74.5 Å². The summed E-state index contributed by atoms with van der Waals surface area (Å²) in [4.78, 5) is 27.2. The third-order valence-corrected chi connectivity index (χ3v) is 7.18.